The van der Waals surface area contributed by atoms with Crippen molar-refractivity contribution in [2.75, 3.05) is 18.4 Å². The highest BCUT2D eigenvalue weighted by molar-refractivity contribution is 6.34. The normalized spacial score (nSPS) is 25.9. The number of carbonyl (C=O) groups excluding carboxylic acids is 3. The fraction of sp³-hybridized carbons (Fsp3) is 0.400. The molecule has 0 unspecified atom stereocenters. The Hall–Kier alpha value is -3.19. The summed E-state index contributed by atoms with van der Waals surface area (Å²) in [6, 6.07) is 7.75. The predicted molar refractivity (Wildman–Crippen MR) is 120 cm³/mol. The van der Waals surface area contributed by atoms with Crippen molar-refractivity contribution in [2.45, 2.75) is 38.8 Å². The number of imide groups is 1. The zero-order valence-corrected chi connectivity index (χ0v) is 17.9. The molecule has 0 radical (unpaired) electrons. The summed E-state index contributed by atoms with van der Waals surface area (Å²) < 4.78 is 0. The average molecular weight is 431 g/mol. The molecule has 3 aliphatic heterocycles. The van der Waals surface area contributed by atoms with Crippen LogP contribution in [-0.4, -0.2) is 45.6 Å². The third-order valence-corrected chi connectivity index (χ3v) is 7.08. The smallest absolute Gasteiger partial charge is 0.256 e. The van der Waals surface area contributed by atoms with E-state index in [0.717, 1.165) is 42.1 Å². The zero-order chi connectivity index (χ0) is 21.8. The van der Waals surface area contributed by atoms with Crippen LogP contribution < -0.4 is 5.32 Å². The topological polar surface area (TPSA) is 85.5 Å². The van der Waals surface area contributed by atoms with Gasteiger partial charge in [-0.05, 0) is 67.8 Å². The van der Waals surface area contributed by atoms with E-state index >= 15 is 0 Å². The van der Waals surface area contributed by atoms with E-state index in [0.29, 0.717) is 12.0 Å². The van der Waals surface area contributed by atoms with E-state index < -0.39 is 0 Å². The summed E-state index contributed by atoms with van der Waals surface area (Å²) >= 11 is 0. The molecule has 4 aliphatic rings. The largest absolute Gasteiger partial charge is 0.361 e. The molecule has 1 aromatic carbocycles. The number of aromatic amines is 1. The highest BCUT2D eigenvalue weighted by atomic mass is 16.2. The fourth-order valence-electron chi connectivity index (χ4n) is 5.23. The number of anilines is 1. The molecule has 6 rings (SSSR count). The van der Waals surface area contributed by atoms with Gasteiger partial charge in [-0.15, -0.1) is 0 Å². The summed E-state index contributed by atoms with van der Waals surface area (Å²) in [4.78, 5) is 44.4. The van der Waals surface area contributed by atoms with Gasteiger partial charge in [-0.1, -0.05) is 12.5 Å². The van der Waals surface area contributed by atoms with Crippen molar-refractivity contribution in [2.24, 2.45) is 11.8 Å². The summed E-state index contributed by atoms with van der Waals surface area (Å²) in [6.45, 7) is 3.47. The lowest BCUT2D eigenvalue weighted by atomic mass is 10.0. The number of hydrogen-bond donors (Lipinski definition) is 2. The molecule has 32 heavy (non-hydrogen) atoms. The number of fused-ring (bicyclic) bond motifs is 2. The summed E-state index contributed by atoms with van der Waals surface area (Å²) in [7, 11) is 0. The van der Waals surface area contributed by atoms with Gasteiger partial charge in [0.15, 0.2) is 0 Å². The highest BCUT2D eigenvalue weighted by Gasteiger charge is 2.58. The standard InChI is InChI=1S/C25H26N4O3/c30-23-19(10-17-8-16(12-26-17)13-28-6-2-1-3-7-28)18-9-15(4-5-22(18)27-23)14-29-24(31)20-11-21(20)25(29)32/h4-5,8-10,12,20-21,26H,1-3,6-7,11,13-14H2,(H,27,30)/b19-10-/t20-,21+. The van der Waals surface area contributed by atoms with Gasteiger partial charge in [-0.3, -0.25) is 24.2 Å². The Labute approximate surface area is 186 Å². The highest BCUT2D eigenvalue weighted by Crippen LogP contribution is 2.47. The Morgan fingerprint density at radius 3 is 2.50 bits per heavy atom. The molecular formula is C25H26N4O3. The van der Waals surface area contributed by atoms with Gasteiger partial charge in [0.25, 0.3) is 5.91 Å². The van der Waals surface area contributed by atoms with E-state index in [1.165, 1.54) is 29.7 Å². The van der Waals surface area contributed by atoms with Crippen LogP contribution in [0.25, 0.3) is 11.6 Å². The molecule has 164 valence electrons. The third kappa shape index (κ3) is 3.37. The first-order chi connectivity index (χ1) is 15.6. The van der Waals surface area contributed by atoms with Gasteiger partial charge < -0.3 is 10.3 Å². The van der Waals surface area contributed by atoms with Crippen LogP contribution in [0.15, 0.2) is 30.5 Å². The minimum atomic E-state index is -0.140. The molecule has 1 aliphatic carbocycles. The van der Waals surface area contributed by atoms with E-state index in [1.54, 1.807) is 0 Å². The van der Waals surface area contributed by atoms with Crippen molar-refractivity contribution < 1.29 is 14.4 Å². The molecule has 3 fully saturated rings. The average Bonchev–Trinajstić information content (AvgIpc) is 3.31. The number of piperidine rings is 2. The van der Waals surface area contributed by atoms with Crippen molar-refractivity contribution in [3.8, 4) is 0 Å². The fourth-order valence-corrected chi connectivity index (χ4v) is 5.23. The molecule has 0 bridgehead atoms. The molecule has 3 amide bonds. The number of rotatable bonds is 5. The zero-order valence-electron chi connectivity index (χ0n) is 17.9. The van der Waals surface area contributed by atoms with E-state index in [9.17, 15) is 14.4 Å². The molecule has 7 heteroatoms. The quantitative estimate of drug-likeness (QED) is 0.564. The van der Waals surface area contributed by atoms with Crippen LogP contribution in [0.4, 0.5) is 5.69 Å². The maximum Gasteiger partial charge on any atom is 0.256 e. The van der Waals surface area contributed by atoms with Crippen LogP contribution in [0, 0.1) is 11.8 Å². The number of H-pyrrole nitrogens is 1. The third-order valence-electron chi connectivity index (χ3n) is 7.08. The monoisotopic (exact) mass is 430 g/mol. The van der Waals surface area contributed by atoms with Gasteiger partial charge in [0, 0.05) is 29.7 Å². The van der Waals surface area contributed by atoms with Crippen LogP contribution in [0.2, 0.25) is 0 Å². The Balaban J connectivity index is 1.22. The van der Waals surface area contributed by atoms with Gasteiger partial charge in [0.05, 0.1) is 24.0 Å². The molecule has 2 N–H and O–H groups in total. The number of benzene rings is 1. The van der Waals surface area contributed by atoms with E-state index in [2.05, 4.69) is 21.3 Å². The minimum Gasteiger partial charge on any atom is -0.361 e. The number of likely N-dealkylation sites (tertiary alicyclic amines) is 2. The number of aromatic nitrogens is 1. The first kappa shape index (κ1) is 19.5. The Morgan fingerprint density at radius 1 is 0.938 bits per heavy atom. The van der Waals surface area contributed by atoms with Crippen LogP contribution in [-0.2, 0) is 27.5 Å². The first-order valence-electron chi connectivity index (χ1n) is 11.5. The van der Waals surface area contributed by atoms with Crippen LogP contribution in [0.5, 0.6) is 0 Å². The molecule has 0 spiro atoms. The van der Waals surface area contributed by atoms with Crippen molar-refractivity contribution in [1.29, 1.82) is 0 Å². The van der Waals surface area contributed by atoms with Crippen molar-refractivity contribution in [3.63, 3.8) is 0 Å². The molecule has 1 saturated carbocycles. The summed E-state index contributed by atoms with van der Waals surface area (Å²) in [5, 5.41) is 2.92. The van der Waals surface area contributed by atoms with Crippen molar-refractivity contribution >= 4 is 35.1 Å². The van der Waals surface area contributed by atoms with E-state index in [-0.39, 0.29) is 36.1 Å². The van der Waals surface area contributed by atoms with Gasteiger partial charge >= 0.3 is 0 Å². The first-order valence-corrected chi connectivity index (χ1v) is 11.5. The Bertz CT molecular complexity index is 1140. The Kier molecular flexibility index (Phi) is 4.54. The summed E-state index contributed by atoms with van der Waals surface area (Å²) in [6.07, 6.45) is 8.44. The number of carbonyl (C=O) groups is 3. The van der Waals surface area contributed by atoms with Crippen molar-refractivity contribution in [3.05, 3.63) is 52.8 Å². The van der Waals surface area contributed by atoms with Crippen molar-refractivity contribution in [1.82, 2.24) is 14.8 Å². The lowest BCUT2D eigenvalue weighted by Crippen LogP contribution is -2.32. The molecule has 2 saturated heterocycles. The Morgan fingerprint density at radius 2 is 1.72 bits per heavy atom. The van der Waals surface area contributed by atoms with Gasteiger partial charge in [-0.25, -0.2) is 0 Å². The molecule has 2 aromatic rings. The van der Waals surface area contributed by atoms with Gasteiger partial charge in [-0.2, -0.15) is 0 Å². The lowest BCUT2D eigenvalue weighted by Gasteiger charge is -2.25. The van der Waals surface area contributed by atoms with Gasteiger partial charge in [0.2, 0.25) is 11.8 Å². The summed E-state index contributed by atoms with van der Waals surface area (Å²) in [5.41, 5.74) is 5.12. The molecule has 2 atom stereocenters. The number of nitrogens with one attached hydrogen (secondary N) is 2. The maximum absolute atomic E-state index is 12.6. The second-order valence-corrected chi connectivity index (χ2v) is 9.40. The lowest BCUT2D eigenvalue weighted by molar-refractivity contribution is -0.142. The second-order valence-electron chi connectivity index (χ2n) is 9.40. The molecule has 7 nitrogen and oxygen atoms in total. The van der Waals surface area contributed by atoms with E-state index in [4.69, 9.17) is 0 Å². The molecular weight excluding hydrogens is 404 g/mol. The maximum atomic E-state index is 12.6. The van der Waals surface area contributed by atoms with E-state index in [1.807, 2.05) is 30.5 Å². The number of nitrogens with zero attached hydrogens (tertiary/aromatic N) is 2. The van der Waals surface area contributed by atoms with Gasteiger partial charge in [0.1, 0.15) is 0 Å². The second kappa shape index (κ2) is 7.45. The van der Waals surface area contributed by atoms with Crippen LogP contribution in [0.3, 0.4) is 0 Å². The number of amides is 3. The van der Waals surface area contributed by atoms with Crippen LogP contribution >= 0.6 is 0 Å². The molecule has 4 heterocycles. The predicted octanol–water partition coefficient (Wildman–Crippen LogP) is 3.00. The summed E-state index contributed by atoms with van der Waals surface area (Å²) in [5.74, 6) is -0.444. The van der Waals surface area contributed by atoms with Crippen LogP contribution in [0.1, 0.15) is 48.1 Å². The SMILES string of the molecule is O=C1Nc2ccc(CN3C(=O)[C@H]4C[C@H]4C3=O)cc2/C1=C/c1cc(CN2CCCCC2)c[nH]1. The molecule has 1 aromatic heterocycles. The minimum absolute atomic E-state index is 0.0573. The number of hydrogen-bond acceptors (Lipinski definition) is 4.